The number of fused-ring (bicyclic) bond motifs is 9. The molecule has 0 fully saturated rings. The molecule has 0 bridgehead atoms. The van der Waals surface area contributed by atoms with Gasteiger partial charge in [-0.05, 0) is 58.7 Å². The molecule has 1 aliphatic carbocycles. The fourth-order valence-corrected chi connectivity index (χ4v) is 5.04. The molecule has 1 aliphatic heterocycles. The molecule has 0 saturated carbocycles. The Morgan fingerprint density at radius 1 is 0.567 bits per heavy atom. The lowest BCUT2D eigenvalue weighted by Crippen LogP contribution is -2.32. The molecule has 1 spiro atoms. The maximum absolute atomic E-state index is 9.63. The molecule has 0 unspecified atom stereocenters. The predicted molar refractivity (Wildman–Crippen MR) is 113 cm³/mol. The zero-order valence-corrected chi connectivity index (χ0v) is 15.9. The van der Waals surface area contributed by atoms with Gasteiger partial charge >= 0.3 is 0 Å². The van der Waals surface area contributed by atoms with Crippen molar-refractivity contribution in [3.63, 3.8) is 0 Å². The van der Waals surface area contributed by atoms with E-state index in [0.29, 0.717) is 11.1 Å². The second kappa shape index (κ2) is 5.83. The van der Waals surface area contributed by atoms with Crippen LogP contribution in [0.25, 0.3) is 11.1 Å². The highest BCUT2D eigenvalue weighted by Crippen LogP contribution is 2.62. The first-order valence-corrected chi connectivity index (χ1v) is 9.74. The Kier molecular flexibility index (Phi) is 3.23. The molecule has 6 rings (SSSR count). The van der Waals surface area contributed by atoms with Gasteiger partial charge in [0.25, 0.3) is 0 Å². The average molecular weight is 382 g/mol. The van der Waals surface area contributed by atoms with Crippen LogP contribution < -0.4 is 4.74 Å². The number of hydrogen-bond donors (Lipinski definition) is 0. The lowest BCUT2D eigenvalue weighted by molar-refractivity contribution is 0.436. The van der Waals surface area contributed by atoms with Crippen LogP contribution >= 0.6 is 0 Å². The van der Waals surface area contributed by atoms with E-state index in [0.717, 1.165) is 44.9 Å². The van der Waals surface area contributed by atoms with Crippen LogP contribution in [0.5, 0.6) is 11.5 Å². The smallest absolute Gasteiger partial charge is 0.132 e. The summed E-state index contributed by atoms with van der Waals surface area (Å²) >= 11 is 0. The SMILES string of the molecule is N#Cc1ccc2c(c1)C1(c3ccccc3Oc3ccccc31)c1cc(C#N)ccc1-2. The van der Waals surface area contributed by atoms with Crippen LogP contribution in [0.2, 0.25) is 0 Å². The summed E-state index contributed by atoms with van der Waals surface area (Å²) in [5.74, 6) is 1.58. The van der Waals surface area contributed by atoms with Gasteiger partial charge in [-0.3, -0.25) is 0 Å². The third-order valence-electron chi connectivity index (χ3n) is 6.20. The summed E-state index contributed by atoms with van der Waals surface area (Å²) in [4.78, 5) is 0. The monoisotopic (exact) mass is 382 g/mol. The average Bonchev–Trinajstić information content (AvgIpc) is 3.09. The first kappa shape index (κ1) is 16.6. The molecule has 0 atom stereocenters. The van der Waals surface area contributed by atoms with E-state index in [9.17, 15) is 10.5 Å². The summed E-state index contributed by atoms with van der Waals surface area (Å²) in [7, 11) is 0. The highest BCUT2D eigenvalue weighted by Gasteiger charge is 2.51. The van der Waals surface area contributed by atoms with E-state index in [1.165, 1.54) is 0 Å². The van der Waals surface area contributed by atoms with Gasteiger partial charge in [-0.1, -0.05) is 48.5 Å². The van der Waals surface area contributed by atoms with Gasteiger partial charge in [-0.25, -0.2) is 0 Å². The fourth-order valence-electron chi connectivity index (χ4n) is 5.04. The zero-order chi connectivity index (χ0) is 20.3. The summed E-state index contributed by atoms with van der Waals surface area (Å²) in [6.45, 7) is 0. The molecular weight excluding hydrogens is 368 g/mol. The van der Waals surface area contributed by atoms with Gasteiger partial charge < -0.3 is 4.74 Å². The quantitative estimate of drug-likeness (QED) is 0.329. The lowest BCUT2D eigenvalue weighted by Gasteiger charge is -2.39. The molecule has 0 saturated heterocycles. The van der Waals surface area contributed by atoms with E-state index in [-0.39, 0.29) is 0 Å². The molecule has 3 heteroatoms. The Hall–Kier alpha value is -4.34. The normalized spacial score (nSPS) is 13.8. The molecule has 4 aromatic carbocycles. The Morgan fingerprint density at radius 2 is 1.03 bits per heavy atom. The maximum Gasteiger partial charge on any atom is 0.132 e. The number of hydrogen-bond acceptors (Lipinski definition) is 3. The van der Waals surface area contributed by atoms with Crippen LogP contribution in [0, 0.1) is 22.7 Å². The topological polar surface area (TPSA) is 56.8 Å². The van der Waals surface area contributed by atoms with Crippen LogP contribution in [0.3, 0.4) is 0 Å². The van der Waals surface area contributed by atoms with E-state index < -0.39 is 5.41 Å². The van der Waals surface area contributed by atoms with Crippen molar-refractivity contribution < 1.29 is 4.74 Å². The highest BCUT2D eigenvalue weighted by molar-refractivity contribution is 5.89. The van der Waals surface area contributed by atoms with E-state index in [2.05, 4.69) is 24.3 Å². The molecule has 4 aromatic rings. The van der Waals surface area contributed by atoms with Crippen molar-refractivity contribution >= 4 is 0 Å². The van der Waals surface area contributed by atoms with Gasteiger partial charge in [-0.2, -0.15) is 10.5 Å². The molecule has 3 nitrogen and oxygen atoms in total. The highest BCUT2D eigenvalue weighted by atomic mass is 16.5. The summed E-state index contributed by atoms with van der Waals surface area (Å²) in [5, 5.41) is 19.3. The van der Waals surface area contributed by atoms with E-state index in [4.69, 9.17) is 4.74 Å². The Bertz CT molecular complexity index is 1340. The van der Waals surface area contributed by atoms with E-state index >= 15 is 0 Å². The van der Waals surface area contributed by atoms with Crippen molar-refractivity contribution in [3.8, 4) is 34.8 Å². The fraction of sp³-hybridized carbons (Fsp3) is 0.0370. The van der Waals surface area contributed by atoms with Crippen molar-refractivity contribution in [1.82, 2.24) is 0 Å². The summed E-state index contributed by atoms with van der Waals surface area (Å²) < 4.78 is 6.28. The zero-order valence-electron chi connectivity index (χ0n) is 15.9. The molecule has 0 N–H and O–H groups in total. The first-order chi connectivity index (χ1) is 14.8. The molecular formula is C27H14N2O. The van der Waals surface area contributed by atoms with Gasteiger partial charge in [-0.15, -0.1) is 0 Å². The second-order valence-corrected chi connectivity index (χ2v) is 7.59. The number of nitriles is 2. The predicted octanol–water partition coefficient (Wildman–Crippen LogP) is 5.90. The number of para-hydroxylation sites is 2. The summed E-state index contributed by atoms with van der Waals surface area (Å²) in [5.41, 5.74) is 6.90. The molecule has 0 amide bonds. The van der Waals surface area contributed by atoms with Crippen LogP contribution in [-0.4, -0.2) is 0 Å². The van der Waals surface area contributed by atoms with Crippen molar-refractivity contribution in [3.05, 3.63) is 118 Å². The van der Waals surface area contributed by atoms with Crippen molar-refractivity contribution in [2.45, 2.75) is 5.41 Å². The van der Waals surface area contributed by atoms with Crippen LogP contribution in [0.15, 0.2) is 84.9 Å². The number of rotatable bonds is 0. The van der Waals surface area contributed by atoms with Gasteiger partial charge in [0.1, 0.15) is 11.5 Å². The third kappa shape index (κ3) is 1.91. The Labute approximate surface area is 174 Å². The molecule has 1 heterocycles. The molecule has 0 radical (unpaired) electrons. The Balaban J connectivity index is 1.86. The van der Waals surface area contributed by atoms with Crippen LogP contribution in [0.4, 0.5) is 0 Å². The van der Waals surface area contributed by atoms with E-state index in [1.54, 1.807) is 0 Å². The second-order valence-electron chi connectivity index (χ2n) is 7.59. The van der Waals surface area contributed by atoms with Crippen molar-refractivity contribution in [2.75, 3.05) is 0 Å². The third-order valence-corrected chi connectivity index (χ3v) is 6.20. The molecule has 30 heavy (non-hydrogen) atoms. The van der Waals surface area contributed by atoms with E-state index in [1.807, 2.05) is 72.8 Å². The van der Waals surface area contributed by atoms with Crippen molar-refractivity contribution in [2.24, 2.45) is 0 Å². The lowest BCUT2D eigenvalue weighted by atomic mass is 9.66. The van der Waals surface area contributed by atoms with Gasteiger partial charge in [0.15, 0.2) is 0 Å². The minimum Gasteiger partial charge on any atom is -0.457 e. The summed E-state index contributed by atoms with van der Waals surface area (Å²) in [6.07, 6.45) is 0. The standard InChI is InChI=1S/C27H14N2O/c28-15-17-9-11-19-20-12-10-18(16-29)14-24(20)27(23(19)13-17)21-5-1-3-7-25(21)30-26-8-4-2-6-22(26)27/h1-14H. The minimum atomic E-state index is -0.643. The van der Waals surface area contributed by atoms with Gasteiger partial charge in [0, 0.05) is 11.1 Å². The molecule has 2 aliphatic rings. The van der Waals surface area contributed by atoms with Gasteiger partial charge in [0.05, 0.1) is 28.7 Å². The number of ether oxygens (including phenoxy) is 1. The van der Waals surface area contributed by atoms with Crippen LogP contribution in [0.1, 0.15) is 33.4 Å². The van der Waals surface area contributed by atoms with Crippen molar-refractivity contribution in [1.29, 1.82) is 10.5 Å². The first-order valence-electron chi connectivity index (χ1n) is 9.74. The van der Waals surface area contributed by atoms with Crippen LogP contribution in [-0.2, 0) is 5.41 Å². The number of nitrogens with zero attached hydrogens (tertiary/aromatic N) is 2. The molecule has 138 valence electrons. The summed E-state index contributed by atoms with van der Waals surface area (Å²) in [6, 6.07) is 32.4. The van der Waals surface area contributed by atoms with Gasteiger partial charge in [0.2, 0.25) is 0 Å². The largest absolute Gasteiger partial charge is 0.457 e. The molecule has 0 aromatic heterocycles. The minimum absolute atomic E-state index is 0.614. The maximum atomic E-state index is 9.63. The Morgan fingerprint density at radius 3 is 1.50 bits per heavy atom. The number of benzene rings is 4.